The second kappa shape index (κ2) is 10.1. The van der Waals surface area contributed by atoms with E-state index < -0.39 is 17.2 Å². The molecule has 3 fully saturated rings. The fourth-order valence-corrected chi connectivity index (χ4v) is 5.98. The van der Waals surface area contributed by atoms with Gasteiger partial charge in [0.15, 0.2) is 0 Å². The highest BCUT2D eigenvalue weighted by atomic mass is 16.3. The number of carbonyl (C=O) groups is 2. The van der Waals surface area contributed by atoms with Crippen molar-refractivity contribution in [3.63, 3.8) is 0 Å². The number of aliphatic hydroxyl groups is 1. The van der Waals surface area contributed by atoms with Crippen LogP contribution in [-0.4, -0.2) is 63.5 Å². The van der Waals surface area contributed by atoms with Gasteiger partial charge in [-0.15, -0.1) is 0 Å². The summed E-state index contributed by atoms with van der Waals surface area (Å²) < 4.78 is 0. The number of likely N-dealkylation sites (tertiary alicyclic amines) is 1. The Hall–Kier alpha value is -1.92. The number of piperazine rings is 1. The molecule has 0 radical (unpaired) electrons. The maximum Gasteiger partial charge on any atom is 0.246 e. The number of benzene rings is 1. The number of hydrogen-bond acceptors (Lipinski definition) is 4. The van der Waals surface area contributed by atoms with Gasteiger partial charge in [-0.3, -0.25) is 14.5 Å². The van der Waals surface area contributed by atoms with E-state index >= 15 is 0 Å². The summed E-state index contributed by atoms with van der Waals surface area (Å²) >= 11 is 0. The van der Waals surface area contributed by atoms with E-state index in [4.69, 9.17) is 0 Å². The minimum Gasteiger partial charge on any atom is -0.390 e. The molecule has 2 heterocycles. The average molecular weight is 456 g/mol. The van der Waals surface area contributed by atoms with Crippen molar-refractivity contribution in [1.29, 1.82) is 0 Å². The molecule has 1 saturated carbocycles. The quantitative estimate of drug-likeness (QED) is 0.660. The van der Waals surface area contributed by atoms with Gasteiger partial charge in [0.25, 0.3) is 0 Å². The smallest absolute Gasteiger partial charge is 0.246 e. The summed E-state index contributed by atoms with van der Waals surface area (Å²) in [5, 5.41) is 14.1. The first kappa shape index (κ1) is 24.2. The topological polar surface area (TPSA) is 72.9 Å². The van der Waals surface area contributed by atoms with Gasteiger partial charge in [-0.25, -0.2) is 0 Å². The number of unbranched alkanes of at least 4 members (excludes halogenated alkanes) is 1. The molecule has 0 unspecified atom stereocenters. The molecule has 3 aliphatic rings. The van der Waals surface area contributed by atoms with Crippen LogP contribution < -0.4 is 5.32 Å². The van der Waals surface area contributed by atoms with Crippen LogP contribution in [0.3, 0.4) is 0 Å². The SMILES string of the molecule is CCCCN1C(=O)[C@@H](CC2(O)CCCCC2)NC(=O)C12CCN(Cc1ccc(C)cc1)CC2. The number of amides is 2. The molecule has 0 aromatic heterocycles. The van der Waals surface area contributed by atoms with Crippen molar-refractivity contribution >= 4 is 11.8 Å². The molecule has 2 aliphatic heterocycles. The Morgan fingerprint density at radius 1 is 1.03 bits per heavy atom. The zero-order valence-corrected chi connectivity index (χ0v) is 20.4. The summed E-state index contributed by atoms with van der Waals surface area (Å²) in [5.74, 6) is -0.00775. The molecule has 1 spiro atoms. The van der Waals surface area contributed by atoms with Crippen LogP contribution in [0, 0.1) is 6.92 Å². The van der Waals surface area contributed by atoms with Crippen molar-refractivity contribution < 1.29 is 14.7 Å². The van der Waals surface area contributed by atoms with Gasteiger partial charge in [-0.05, 0) is 44.6 Å². The highest BCUT2D eigenvalue weighted by Gasteiger charge is 2.54. The Morgan fingerprint density at radius 3 is 2.33 bits per heavy atom. The molecule has 6 nitrogen and oxygen atoms in total. The molecule has 4 rings (SSSR count). The summed E-state index contributed by atoms with van der Waals surface area (Å²) in [6.07, 6.45) is 8.11. The van der Waals surface area contributed by atoms with Crippen LogP contribution in [0.15, 0.2) is 24.3 Å². The molecule has 33 heavy (non-hydrogen) atoms. The molecule has 1 aliphatic carbocycles. The van der Waals surface area contributed by atoms with Gasteiger partial charge in [0, 0.05) is 32.6 Å². The lowest BCUT2D eigenvalue weighted by Gasteiger charge is -2.52. The number of hydrogen-bond donors (Lipinski definition) is 2. The van der Waals surface area contributed by atoms with Crippen molar-refractivity contribution in [3.8, 4) is 0 Å². The number of nitrogens with zero attached hydrogens (tertiary/aromatic N) is 2. The number of rotatable bonds is 7. The number of piperidine rings is 1. The third-order valence-corrected chi connectivity index (χ3v) is 8.12. The molecule has 2 N–H and O–H groups in total. The van der Waals surface area contributed by atoms with Crippen molar-refractivity contribution in [2.75, 3.05) is 19.6 Å². The highest BCUT2D eigenvalue weighted by molar-refractivity contribution is 6.00. The third-order valence-electron chi connectivity index (χ3n) is 8.12. The summed E-state index contributed by atoms with van der Waals surface area (Å²) in [6.45, 7) is 7.30. The summed E-state index contributed by atoms with van der Waals surface area (Å²) in [4.78, 5) is 31.5. The highest BCUT2D eigenvalue weighted by Crippen LogP contribution is 2.37. The van der Waals surface area contributed by atoms with Crippen molar-refractivity contribution in [2.45, 2.75) is 102 Å². The van der Waals surface area contributed by atoms with Crippen LogP contribution in [0.2, 0.25) is 0 Å². The van der Waals surface area contributed by atoms with E-state index in [2.05, 4.69) is 48.3 Å². The molecular weight excluding hydrogens is 414 g/mol. The van der Waals surface area contributed by atoms with Crippen molar-refractivity contribution in [2.24, 2.45) is 0 Å². The lowest BCUT2D eigenvalue weighted by atomic mass is 9.77. The van der Waals surface area contributed by atoms with Crippen LogP contribution in [0.5, 0.6) is 0 Å². The number of aryl methyl sites for hydroxylation is 1. The molecule has 1 atom stereocenters. The Balaban J connectivity index is 1.46. The Kier molecular flexibility index (Phi) is 7.44. The van der Waals surface area contributed by atoms with Crippen LogP contribution in [-0.2, 0) is 16.1 Å². The normalized spacial score (nSPS) is 25.3. The molecule has 182 valence electrons. The fraction of sp³-hybridized carbons (Fsp3) is 0.704. The molecular formula is C27H41N3O3. The predicted octanol–water partition coefficient (Wildman–Crippen LogP) is 3.54. The van der Waals surface area contributed by atoms with Gasteiger partial charge in [0.1, 0.15) is 11.6 Å². The predicted molar refractivity (Wildman–Crippen MR) is 130 cm³/mol. The van der Waals surface area contributed by atoms with E-state index in [1.54, 1.807) is 0 Å². The Morgan fingerprint density at radius 2 is 1.70 bits per heavy atom. The van der Waals surface area contributed by atoms with Gasteiger partial charge in [0.05, 0.1) is 5.60 Å². The summed E-state index contributed by atoms with van der Waals surface area (Å²) in [7, 11) is 0. The van der Waals surface area contributed by atoms with E-state index in [-0.39, 0.29) is 11.8 Å². The molecule has 1 aromatic carbocycles. The average Bonchev–Trinajstić information content (AvgIpc) is 2.81. The second-order valence-electron chi connectivity index (χ2n) is 10.7. The van der Waals surface area contributed by atoms with Gasteiger partial charge < -0.3 is 15.3 Å². The first-order valence-electron chi connectivity index (χ1n) is 13.0. The van der Waals surface area contributed by atoms with E-state index in [1.165, 1.54) is 11.1 Å². The first-order valence-corrected chi connectivity index (χ1v) is 13.0. The standard InChI is InChI=1S/C27H41N3O3/c1-3-4-16-30-24(31)23(19-26(33)12-6-5-7-13-26)28-25(32)27(30)14-17-29(18-15-27)20-22-10-8-21(2)9-11-22/h8-11,23,33H,3-7,12-20H2,1-2H3,(H,28,32)/t23-/m1/s1. The Bertz CT molecular complexity index is 824. The van der Waals surface area contributed by atoms with Crippen molar-refractivity contribution in [3.05, 3.63) is 35.4 Å². The van der Waals surface area contributed by atoms with Crippen LogP contribution in [0.4, 0.5) is 0 Å². The summed E-state index contributed by atoms with van der Waals surface area (Å²) in [5.41, 5.74) is 0.961. The summed E-state index contributed by atoms with van der Waals surface area (Å²) in [6, 6.07) is 8.02. The molecule has 0 bridgehead atoms. The zero-order chi connectivity index (χ0) is 23.5. The van der Waals surface area contributed by atoms with E-state index in [0.717, 1.165) is 64.6 Å². The Labute approximate surface area is 198 Å². The van der Waals surface area contributed by atoms with Gasteiger partial charge in [0.2, 0.25) is 11.8 Å². The second-order valence-corrected chi connectivity index (χ2v) is 10.7. The van der Waals surface area contributed by atoms with Crippen LogP contribution in [0.1, 0.15) is 82.3 Å². The number of carbonyl (C=O) groups excluding carboxylic acids is 2. The van der Waals surface area contributed by atoms with Crippen molar-refractivity contribution in [1.82, 2.24) is 15.1 Å². The molecule has 2 amide bonds. The molecule has 2 saturated heterocycles. The zero-order valence-electron chi connectivity index (χ0n) is 20.4. The van der Waals surface area contributed by atoms with E-state index in [0.29, 0.717) is 25.8 Å². The molecule has 6 heteroatoms. The third kappa shape index (κ3) is 5.27. The maximum absolute atomic E-state index is 13.7. The number of nitrogens with one attached hydrogen (secondary N) is 1. The maximum atomic E-state index is 13.7. The lowest BCUT2D eigenvalue weighted by molar-refractivity contribution is -0.163. The molecule has 1 aromatic rings. The fourth-order valence-electron chi connectivity index (χ4n) is 5.98. The van der Waals surface area contributed by atoms with Gasteiger partial charge >= 0.3 is 0 Å². The largest absolute Gasteiger partial charge is 0.390 e. The van der Waals surface area contributed by atoms with E-state index in [1.807, 2.05) is 4.90 Å². The minimum absolute atomic E-state index is 0.00836. The van der Waals surface area contributed by atoms with Gasteiger partial charge in [-0.1, -0.05) is 62.4 Å². The first-order chi connectivity index (χ1) is 15.8. The van der Waals surface area contributed by atoms with Crippen LogP contribution >= 0.6 is 0 Å². The monoisotopic (exact) mass is 455 g/mol. The lowest BCUT2D eigenvalue weighted by Crippen LogP contribution is -2.73. The minimum atomic E-state index is -0.829. The van der Waals surface area contributed by atoms with E-state index in [9.17, 15) is 14.7 Å². The van der Waals surface area contributed by atoms with Crippen LogP contribution in [0.25, 0.3) is 0 Å². The van der Waals surface area contributed by atoms with Gasteiger partial charge in [-0.2, -0.15) is 0 Å².